The quantitative estimate of drug-likeness (QED) is 0.0502. The first-order chi connectivity index (χ1) is 29.3. The molecule has 304 valence electrons. The van der Waals surface area contributed by atoms with E-state index < -0.39 is 29.3 Å². The van der Waals surface area contributed by atoms with Crippen LogP contribution in [0.25, 0.3) is 11.1 Å². The van der Waals surface area contributed by atoms with Crippen LogP contribution >= 0.6 is 0 Å². The number of hydrogen-bond donors (Lipinski definition) is 0. The standard InChI is InChI=1S/C49H42O11/c1-54-27-28-56-39-23-19-37(20-24-39)49(43-9-5-3-7-41(43)42-8-4-6-10-44(42)49)38-21-25-40(26-22-38)57-29-30-58-46(51)35-15-17-36(18-16-35)48(53)60-32-31-59-47(52)34-13-11-33(12-14-34)45(50)55-2/h3-26H,27-32H2,1-2H3. The molecule has 11 heteroatoms. The summed E-state index contributed by atoms with van der Waals surface area (Å²) in [7, 11) is 2.91. The van der Waals surface area contributed by atoms with E-state index in [0.29, 0.717) is 24.5 Å². The molecule has 0 unspecified atom stereocenters. The monoisotopic (exact) mass is 806 g/mol. The molecule has 6 aromatic carbocycles. The third-order valence-electron chi connectivity index (χ3n) is 10.1. The van der Waals surface area contributed by atoms with Gasteiger partial charge < -0.3 is 33.2 Å². The predicted molar refractivity (Wildman–Crippen MR) is 222 cm³/mol. The smallest absolute Gasteiger partial charge is 0.338 e. The van der Waals surface area contributed by atoms with Crippen LogP contribution in [0.3, 0.4) is 0 Å². The summed E-state index contributed by atoms with van der Waals surface area (Å²) in [6.07, 6.45) is 0. The number of benzene rings is 6. The third-order valence-corrected chi connectivity index (χ3v) is 10.1. The van der Waals surface area contributed by atoms with Crippen LogP contribution in [0.4, 0.5) is 0 Å². The second kappa shape index (κ2) is 19.0. The van der Waals surface area contributed by atoms with E-state index in [9.17, 15) is 19.2 Å². The highest BCUT2D eigenvalue weighted by Crippen LogP contribution is 2.56. The van der Waals surface area contributed by atoms with E-state index in [1.807, 2.05) is 24.3 Å². The first kappa shape index (κ1) is 40.9. The van der Waals surface area contributed by atoms with E-state index in [0.717, 1.165) is 16.9 Å². The van der Waals surface area contributed by atoms with Gasteiger partial charge in [-0.3, -0.25) is 0 Å². The van der Waals surface area contributed by atoms with Crippen LogP contribution < -0.4 is 9.47 Å². The van der Waals surface area contributed by atoms with Crippen LogP contribution in [-0.2, 0) is 29.1 Å². The summed E-state index contributed by atoms with van der Waals surface area (Å²) < 4.78 is 37.4. The van der Waals surface area contributed by atoms with Gasteiger partial charge in [-0.05, 0) is 106 Å². The summed E-state index contributed by atoms with van der Waals surface area (Å²) >= 11 is 0. The van der Waals surface area contributed by atoms with Crippen molar-refractivity contribution >= 4 is 23.9 Å². The summed E-state index contributed by atoms with van der Waals surface area (Å²) in [5, 5.41) is 0. The Morgan fingerprint density at radius 1 is 0.400 bits per heavy atom. The molecular weight excluding hydrogens is 765 g/mol. The predicted octanol–water partition coefficient (Wildman–Crippen LogP) is 8.11. The van der Waals surface area contributed by atoms with Gasteiger partial charge in [0.15, 0.2) is 0 Å². The molecular formula is C49H42O11. The first-order valence-corrected chi connectivity index (χ1v) is 19.3. The van der Waals surface area contributed by atoms with Crippen LogP contribution in [0.2, 0.25) is 0 Å². The van der Waals surface area contributed by atoms with Crippen molar-refractivity contribution < 1.29 is 52.3 Å². The van der Waals surface area contributed by atoms with E-state index in [1.54, 1.807) is 7.11 Å². The Morgan fingerprint density at radius 3 is 1.13 bits per heavy atom. The summed E-state index contributed by atoms with van der Waals surface area (Å²) in [5.74, 6) is -0.990. The molecule has 0 fully saturated rings. The SMILES string of the molecule is COCCOc1ccc(C2(c3ccc(OCCOC(=O)c4ccc(C(=O)OCCOC(=O)c5ccc(C(=O)OC)cc5)cc4)cc3)c3ccccc3-c3ccccc32)cc1. The third kappa shape index (κ3) is 8.76. The molecule has 7 rings (SSSR count). The fourth-order valence-electron chi connectivity index (χ4n) is 7.28. The van der Waals surface area contributed by atoms with E-state index >= 15 is 0 Å². The van der Waals surface area contributed by atoms with Crippen molar-refractivity contribution in [3.8, 4) is 22.6 Å². The Morgan fingerprint density at radius 2 is 0.750 bits per heavy atom. The van der Waals surface area contributed by atoms with Gasteiger partial charge in [0.2, 0.25) is 0 Å². The molecule has 0 spiro atoms. The summed E-state index contributed by atoms with van der Waals surface area (Å²) in [6.45, 7) is 0.737. The van der Waals surface area contributed by atoms with Crippen molar-refractivity contribution in [2.75, 3.05) is 53.9 Å². The normalized spacial score (nSPS) is 12.0. The lowest BCUT2D eigenvalue weighted by Gasteiger charge is -2.34. The molecule has 0 N–H and O–H groups in total. The molecule has 0 bridgehead atoms. The zero-order valence-corrected chi connectivity index (χ0v) is 33.1. The van der Waals surface area contributed by atoms with Crippen LogP contribution in [0.15, 0.2) is 146 Å². The Hall–Kier alpha value is -7.24. The molecule has 0 saturated heterocycles. The maximum atomic E-state index is 12.8. The Kier molecular flexibility index (Phi) is 13.0. The average molecular weight is 807 g/mol. The van der Waals surface area contributed by atoms with Crippen molar-refractivity contribution in [1.82, 2.24) is 0 Å². The molecule has 0 heterocycles. The minimum Gasteiger partial charge on any atom is -0.491 e. The number of rotatable bonds is 17. The van der Waals surface area contributed by atoms with Gasteiger partial charge in [0, 0.05) is 7.11 Å². The summed E-state index contributed by atoms with van der Waals surface area (Å²) in [6, 6.07) is 44.9. The zero-order valence-electron chi connectivity index (χ0n) is 33.1. The van der Waals surface area contributed by atoms with Gasteiger partial charge in [-0.1, -0.05) is 72.8 Å². The molecule has 1 aliphatic carbocycles. The molecule has 0 aromatic heterocycles. The number of fused-ring (bicyclic) bond motifs is 3. The average Bonchev–Trinajstić information content (AvgIpc) is 3.60. The summed E-state index contributed by atoms with van der Waals surface area (Å²) in [5.41, 5.74) is 7.31. The molecule has 6 aromatic rings. The Labute approximate surface area is 347 Å². The van der Waals surface area contributed by atoms with Crippen molar-refractivity contribution in [1.29, 1.82) is 0 Å². The Bertz CT molecular complexity index is 2390. The largest absolute Gasteiger partial charge is 0.491 e. The molecule has 0 radical (unpaired) electrons. The van der Waals surface area contributed by atoms with Gasteiger partial charge in [-0.25, -0.2) is 19.2 Å². The number of carbonyl (C=O) groups is 4. The van der Waals surface area contributed by atoms with Gasteiger partial charge in [-0.15, -0.1) is 0 Å². The van der Waals surface area contributed by atoms with E-state index in [-0.39, 0.29) is 43.1 Å². The lowest BCUT2D eigenvalue weighted by atomic mass is 9.68. The first-order valence-electron chi connectivity index (χ1n) is 19.3. The van der Waals surface area contributed by atoms with Crippen molar-refractivity contribution in [3.05, 3.63) is 190 Å². The lowest BCUT2D eigenvalue weighted by molar-refractivity contribution is 0.0265. The molecule has 1 aliphatic rings. The number of esters is 4. The molecule has 11 nitrogen and oxygen atoms in total. The molecule has 0 saturated carbocycles. The molecule has 0 atom stereocenters. The topological polar surface area (TPSA) is 133 Å². The molecule has 60 heavy (non-hydrogen) atoms. The van der Waals surface area contributed by atoms with Crippen molar-refractivity contribution in [3.63, 3.8) is 0 Å². The highest BCUT2D eigenvalue weighted by atomic mass is 16.6. The van der Waals surface area contributed by atoms with Crippen LogP contribution in [0.5, 0.6) is 11.5 Å². The van der Waals surface area contributed by atoms with Crippen LogP contribution in [0.1, 0.15) is 63.7 Å². The highest BCUT2D eigenvalue weighted by Gasteiger charge is 2.45. The number of carbonyl (C=O) groups excluding carboxylic acids is 4. The highest BCUT2D eigenvalue weighted by molar-refractivity contribution is 5.94. The fraction of sp³-hybridized carbons (Fsp3) is 0.184. The summed E-state index contributed by atoms with van der Waals surface area (Å²) in [4.78, 5) is 49.1. The maximum absolute atomic E-state index is 12.8. The van der Waals surface area contributed by atoms with Gasteiger partial charge in [0.1, 0.15) is 44.5 Å². The molecule has 0 aliphatic heterocycles. The second-order valence-corrected chi connectivity index (χ2v) is 13.6. The minimum absolute atomic E-state index is 0.00199. The van der Waals surface area contributed by atoms with Crippen molar-refractivity contribution in [2.24, 2.45) is 0 Å². The van der Waals surface area contributed by atoms with Gasteiger partial charge in [0.25, 0.3) is 0 Å². The van der Waals surface area contributed by atoms with Crippen molar-refractivity contribution in [2.45, 2.75) is 5.41 Å². The Balaban J connectivity index is 0.920. The maximum Gasteiger partial charge on any atom is 0.338 e. The number of ether oxygens (including phenoxy) is 7. The lowest BCUT2D eigenvalue weighted by Crippen LogP contribution is -2.28. The second-order valence-electron chi connectivity index (χ2n) is 13.6. The van der Waals surface area contributed by atoms with Gasteiger partial charge in [0.05, 0.1) is 41.4 Å². The fourth-order valence-corrected chi connectivity index (χ4v) is 7.28. The van der Waals surface area contributed by atoms with Gasteiger partial charge >= 0.3 is 23.9 Å². The number of methoxy groups -OCH3 is 2. The number of hydrogen-bond acceptors (Lipinski definition) is 11. The van der Waals surface area contributed by atoms with Gasteiger partial charge in [-0.2, -0.15) is 0 Å². The van der Waals surface area contributed by atoms with Crippen LogP contribution in [0, 0.1) is 0 Å². The van der Waals surface area contributed by atoms with E-state index in [4.69, 9.17) is 28.4 Å². The van der Waals surface area contributed by atoms with E-state index in [2.05, 4.69) is 77.5 Å². The zero-order chi connectivity index (χ0) is 41.9. The minimum atomic E-state index is -0.652. The van der Waals surface area contributed by atoms with E-state index in [1.165, 1.54) is 77.9 Å². The van der Waals surface area contributed by atoms with Crippen LogP contribution in [-0.4, -0.2) is 77.7 Å². The molecule has 0 amide bonds.